The smallest absolute Gasteiger partial charge is 0.292 e. The van der Waals surface area contributed by atoms with Crippen LogP contribution in [0.2, 0.25) is 0 Å². The van der Waals surface area contributed by atoms with E-state index in [-0.39, 0.29) is 24.4 Å². The number of aromatic nitrogens is 5. The van der Waals surface area contributed by atoms with E-state index in [0.29, 0.717) is 23.0 Å². The van der Waals surface area contributed by atoms with Gasteiger partial charge in [-0.25, -0.2) is 17.5 Å². The van der Waals surface area contributed by atoms with Crippen LogP contribution in [0.15, 0.2) is 71.7 Å². The van der Waals surface area contributed by atoms with Crippen LogP contribution in [0.25, 0.3) is 11.8 Å². The molecule has 9 nitrogen and oxygen atoms in total. The van der Waals surface area contributed by atoms with Gasteiger partial charge < -0.3 is 0 Å². The Morgan fingerprint density at radius 2 is 1.83 bits per heavy atom. The molecule has 41 heavy (non-hydrogen) atoms. The number of sulfonamides is 1. The number of piperidine rings is 1. The Hall–Kier alpha value is -4.17. The third-order valence-electron chi connectivity index (χ3n) is 7.43. The van der Waals surface area contributed by atoms with Gasteiger partial charge in [-0.1, -0.05) is 5.57 Å². The van der Waals surface area contributed by atoms with Crippen LogP contribution < -0.4 is 0 Å². The standard InChI is InChI=1S/C27H22F4N6O3S/c1-35-14-20(12-33-35)41(39,40)36-9-7-16-10-24-21(13-34-37(24)19-4-2-18(28)3-5-19)25(22(16)15-36)26(38)23-11-17(6-8-32-23)27(29,30)31/h2-6,8,10-14,22,25H,7,9,15H2,1H3/t22?,25-/m1/s1. The molecule has 0 radical (unpaired) electrons. The third kappa shape index (κ3) is 4.76. The molecule has 0 saturated carbocycles. The van der Waals surface area contributed by atoms with Gasteiger partial charge in [0.1, 0.15) is 16.4 Å². The zero-order chi connectivity index (χ0) is 29.1. The van der Waals surface area contributed by atoms with Crippen LogP contribution in [0.4, 0.5) is 17.6 Å². The Balaban J connectivity index is 1.45. The van der Waals surface area contributed by atoms with E-state index in [1.807, 2.05) is 6.08 Å². The molecule has 1 aliphatic heterocycles. The van der Waals surface area contributed by atoms with Gasteiger partial charge in [-0.2, -0.15) is 27.7 Å². The molecule has 2 atom stereocenters. The maximum atomic E-state index is 14.0. The highest BCUT2D eigenvalue weighted by Crippen LogP contribution is 2.45. The number of halogens is 4. The Morgan fingerprint density at radius 1 is 1.07 bits per heavy atom. The highest BCUT2D eigenvalue weighted by atomic mass is 32.2. The molecule has 1 unspecified atom stereocenters. The minimum absolute atomic E-state index is 0.00419. The Bertz CT molecular complexity index is 1790. The molecule has 0 N–H and O–H groups in total. The number of nitrogens with zero attached hydrogens (tertiary/aromatic N) is 6. The van der Waals surface area contributed by atoms with Gasteiger partial charge in [-0.15, -0.1) is 0 Å². The molecular weight excluding hydrogens is 564 g/mol. The predicted molar refractivity (Wildman–Crippen MR) is 138 cm³/mol. The summed E-state index contributed by atoms with van der Waals surface area (Å²) in [5.74, 6) is -2.88. The predicted octanol–water partition coefficient (Wildman–Crippen LogP) is 4.23. The molecular formula is C27H22F4N6O3S. The minimum Gasteiger partial charge on any atom is -0.292 e. The van der Waals surface area contributed by atoms with Crippen LogP contribution in [0.3, 0.4) is 0 Å². The van der Waals surface area contributed by atoms with E-state index in [0.717, 1.165) is 17.8 Å². The Labute approximate surface area is 231 Å². The molecule has 4 aromatic rings. The van der Waals surface area contributed by atoms with E-state index in [1.54, 1.807) is 7.05 Å². The molecule has 0 spiro atoms. The number of fused-ring (bicyclic) bond motifs is 2. The molecule has 0 amide bonds. The van der Waals surface area contributed by atoms with Gasteiger partial charge in [0.15, 0.2) is 5.78 Å². The van der Waals surface area contributed by atoms with Gasteiger partial charge in [0.2, 0.25) is 10.0 Å². The normalized spacial score (nSPS) is 19.4. The lowest BCUT2D eigenvalue weighted by atomic mass is 9.72. The number of alkyl halides is 3. The van der Waals surface area contributed by atoms with Crippen LogP contribution in [-0.4, -0.2) is 56.1 Å². The third-order valence-corrected chi connectivity index (χ3v) is 9.25. The van der Waals surface area contributed by atoms with Crippen molar-refractivity contribution in [2.45, 2.75) is 23.4 Å². The second-order valence-electron chi connectivity index (χ2n) is 9.93. The van der Waals surface area contributed by atoms with Gasteiger partial charge in [0.25, 0.3) is 0 Å². The van der Waals surface area contributed by atoms with Crippen molar-refractivity contribution in [3.63, 3.8) is 0 Å². The lowest BCUT2D eigenvalue weighted by molar-refractivity contribution is -0.137. The number of benzene rings is 1. The number of aryl methyl sites for hydroxylation is 1. The second-order valence-corrected chi connectivity index (χ2v) is 11.9. The fraction of sp³-hybridized carbons (Fsp3) is 0.259. The number of rotatable bonds is 5. The van der Waals surface area contributed by atoms with E-state index in [4.69, 9.17) is 0 Å². The van der Waals surface area contributed by atoms with Crippen molar-refractivity contribution in [2.75, 3.05) is 13.1 Å². The second kappa shape index (κ2) is 9.73. The van der Waals surface area contributed by atoms with Crippen molar-refractivity contribution in [3.8, 4) is 5.69 Å². The Morgan fingerprint density at radius 3 is 2.51 bits per heavy atom. The molecule has 4 heterocycles. The van der Waals surface area contributed by atoms with Gasteiger partial charge in [0, 0.05) is 44.0 Å². The monoisotopic (exact) mass is 586 g/mol. The summed E-state index contributed by atoms with van der Waals surface area (Å²) >= 11 is 0. The lowest BCUT2D eigenvalue weighted by Gasteiger charge is -2.39. The number of Topliss-reactive ketones (excluding diaryl/α,β-unsaturated/α-hetero) is 1. The molecule has 1 aromatic carbocycles. The first-order valence-electron chi connectivity index (χ1n) is 12.5. The van der Waals surface area contributed by atoms with Crippen molar-refractivity contribution < 1.29 is 30.8 Å². The quantitative estimate of drug-likeness (QED) is 0.256. The topological polar surface area (TPSA) is 103 Å². The summed E-state index contributed by atoms with van der Waals surface area (Å²) in [6, 6.07) is 7.04. The van der Waals surface area contributed by atoms with Crippen LogP contribution in [0, 0.1) is 11.7 Å². The summed E-state index contributed by atoms with van der Waals surface area (Å²) in [6.45, 7) is 0.0435. The first-order chi connectivity index (χ1) is 19.4. The summed E-state index contributed by atoms with van der Waals surface area (Å²) < 4.78 is 85.0. The van der Waals surface area contributed by atoms with Crippen LogP contribution in [0.5, 0.6) is 0 Å². The first kappa shape index (κ1) is 27.0. The van der Waals surface area contributed by atoms with Gasteiger partial charge >= 0.3 is 6.18 Å². The average molecular weight is 587 g/mol. The van der Waals surface area contributed by atoms with E-state index in [2.05, 4.69) is 15.2 Å². The largest absolute Gasteiger partial charge is 0.416 e. The molecule has 1 aliphatic carbocycles. The lowest BCUT2D eigenvalue weighted by Crippen LogP contribution is -2.45. The van der Waals surface area contributed by atoms with Gasteiger partial charge in [-0.05, 0) is 48.9 Å². The van der Waals surface area contributed by atoms with E-state index in [1.165, 1.54) is 56.5 Å². The van der Waals surface area contributed by atoms with Crippen molar-refractivity contribution in [2.24, 2.45) is 13.0 Å². The maximum absolute atomic E-state index is 14.0. The molecule has 212 valence electrons. The zero-order valence-electron chi connectivity index (χ0n) is 21.5. The van der Waals surface area contributed by atoms with E-state index >= 15 is 0 Å². The molecule has 1 fully saturated rings. The van der Waals surface area contributed by atoms with Gasteiger partial charge in [0.05, 0.1) is 35.3 Å². The number of pyridine rings is 1. The number of hydrogen-bond acceptors (Lipinski definition) is 6. The zero-order valence-corrected chi connectivity index (χ0v) is 22.3. The number of carbonyl (C=O) groups excluding carboxylic acids is 1. The number of carbonyl (C=O) groups is 1. The fourth-order valence-electron chi connectivity index (χ4n) is 5.43. The SMILES string of the molecule is Cn1cc(S(=O)(=O)N2CCC3=Cc4c(cnn4-c4ccc(F)cc4)[C@@H](C(=O)c4cc(C(F)(F)F)ccn4)C3C2)cn1. The van der Waals surface area contributed by atoms with Crippen molar-refractivity contribution in [3.05, 3.63) is 95.1 Å². The van der Waals surface area contributed by atoms with Crippen LogP contribution >= 0.6 is 0 Å². The Kier molecular flexibility index (Phi) is 6.41. The molecule has 2 aliphatic rings. The van der Waals surface area contributed by atoms with Gasteiger partial charge in [-0.3, -0.25) is 14.5 Å². The minimum atomic E-state index is -4.69. The summed E-state index contributed by atoms with van der Waals surface area (Å²) in [5.41, 5.74) is 0.782. The fourth-order valence-corrected chi connectivity index (χ4v) is 6.88. The molecule has 14 heteroatoms. The highest BCUT2D eigenvalue weighted by molar-refractivity contribution is 7.89. The summed E-state index contributed by atoms with van der Waals surface area (Å²) in [5, 5.41) is 8.36. The van der Waals surface area contributed by atoms with Crippen molar-refractivity contribution in [1.82, 2.24) is 28.9 Å². The number of ketones is 1. The molecule has 6 rings (SSSR count). The number of hydrogen-bond donors (Lipinski definition) is 0. The molecule has 0 bridgehead atoms. The molecule has 3 aromatic heterocycles. The van der Waals surface area contributed by atoms with Crippen LogP contribution in [0.1, 0.15) is 39.6 Å². The van der Waals surface area contributed by atoms with E-state index in [9.17, 15) is 30.8 Å². The average Bonchev–Trinajstić information content (AvgIpc) is 3.58. The summed E-state index contributed by atoms with van der Waals surface area (Å²) in [7, 11) is -2.37. The van der Waals surface area contributed by atoms with E-state index < -0.39 is 50.9 Å². The van der Waals surface area contributed by atoms with Crippen LogP contribution in [-0.2, 0) is 23.2 Å². The van der Waals surface area contributed by atoms with Crippen molar-refractivity contribution in [1.29, 1.82) is 0 Å². The summed E-state index contributed by atoms with van der Waals surface area (Å²) in [6.07, 6.45) is 2.40. The van der Waals surface area contributed by atoms with Crippen molar-refractivity contribution >= 4 is 21.9 Å². The maximum Gasteiger partial charge on any atom is 0.416 e. The molecule has 1 saturated heterocycles. The first-order valence-corrected chi connectivity index (χ1v) is 14.0. The highest BCUT2D eigenvalue weighted by Gasteiger charge is 2.45. The summed E-state index contributed by atoms with van der Waals surface area (Å²) in [4.78, 5) is 17.9.